The Morgan fingerprint density at radius 2 is 2.11 bits per heavy atom. The first-order valence-corrected chi connectivity index (χ1v) is 6.50. The zero-order chi connectivity index (χ0) is 12.8. The second kappa shape index (κ2) is 6.31. The second-order valence-electron chi connectivity index (χ2n) is 4.41. The van der Waals surface area contributed by atoms with Gasteiger partial charge in [-0.2, -0.15) is 0 Å². The molecular weight excluding hydrogens is 226 g/mol. The third-order valence-corrected chi connectivity index (χ3v) is 2.91. The fraction of sp³-hybridized carbons (Fsp3) is 0.429. The van der Waals surface area contributed by atoms with Gasteiger partial charge in [-0.1, -0.05) is 31.9 Å². The summed E-state index contributed by atoms with van der Waals surface area (Å²) in [5.41, 5.74) is 0.692. The number of benzene rings is 1. The van der Waals surface area contributed by atoms with Crippen LogP contribution in [0.15, 0.2) is 29.1 Å². The van der Waals surface area contributed by atoms with Crippen molar-refractivity contribution >= 4 is 10.9 Å². The molecular formula is C14H19N3O. The van der Waals surface area contributed by atoms with E-state index in [9.17, 15) is 4.79 Å². The number of nitrogens with zero attached hydrogens (tertiary/aromatic N) is 1. The second-order valence-corrected chi connectivity index (χ2v) is 4.41. The van der Waals surface area contributed by atoms with Crippen LogP contribution in [0, 0.1) is 0 Å². The molecule has 0 saturated carbocycles. The molecule has 0 fully saturated rings. The summed E-state index contributed by atoms with van der Waals surface area (Å²) in [5, 5.41) is 3.94. The van der Waals surface area contributed by atoms with E-state index in [1.165, 1.54) is 12.8 Å². The Kier molecular flexibility index (Phi) is 4.47. The fourth-order valence-corrected chi connectivity index (χ4v) is 1.93. The van der Waals surface area contributed by atoms with E-state index in [0.29, 0.717) is 17.8 Å². The first-order chi connectivity index (χ1) is 8.81. The number of hydrogen-bond acceptors (Lipinski definition) is 3. The van der Waals surface area contributed by atoms with Crippen molar-refractivity contribution in [2.45, 2.75) is 32.7 Å². The zero-order valence-corrected chi connectivity index (χ0v) is 10.7. The molecule has 4 heteroatoms. The topological polar surface area (TPSA) is 57.8 Å². The molecule has 18 heavy (non-hydrogen) atoms. The maximum Gasteiger partial charge on any atom is 0.258 e. The van der Waals surface area contributed by atoms with Crippen LogP contribution in [0.25, 0.3) is 10.9 Å². The molecule has 0 aliphatic rings. The number of fused-ring (bicyclic) bond motifs is 1. The van der Waals surface area contributed by atoms with Gasteiger partial charge in [0.1, 0.15) is 5.82 Å². The van der Waals surface area contributed by atoms with Gasteiger partial charge in [0.2, 0.25) is 0 Å². The number of aromatic amines is 1. The van der Waals surface area contributed by atoms with Crippen molar-refractivity contribution in [2.24, 2.45) is 0 Å². The summed E-state index contributed by atoms with van der Waals surface area (Å²) in [6.07, 6.45) is 3.61. The third kappa shape index (κ3) is 3.17. The van der Waals surface area contributed by atoms with Crippen LogP contribution in [0.3, 0.4) is 0 Å². The summed E-state index contributed by atoms with van der Waals surface area (Å²) in [7, 11) is 0. The van der Waals surface area contributed by atoms with Gasteiger partial charge in [-0.05, 0) is 25.1 Å². The predicted molar refractivity (Wildman–Crippen MR) is 73.6 cm³/mol. The normalized spacial score (nSPS) is 10.9. The fourth-order valence-electron chi connectivity index (χ4n) is 1.93. The van der Waals surface area contributed by atoms with Gasteiger partial charge in [0, 0.05) is 0 Å². The molecule has 0 saturated heterocycles. The predicted octanol–water partition coefficient (Wildman–Crippen LogP) is 2.20. The molecule has 0 atom stereocenters. The number of aromatic nitrogens is 2. The first kappa shape index (κ1) is 12.8. The van der Waals surface area contributed by atoms with Crippen molar-refractivity contribution in [3.05, 3.63) is 40.4 Å². The Morgan fingerprint density at radius 3 is 2.94 bits per heavy atom. The minimum absolute atomic E-state index is 0.0639. The maximum atomic E-state index is 11.8. The smallest absolute Gasteiger partial charge is 0.258 e. The molecule has 0 amide bonds. The van der Waals surface area contributed by atoms with Crippen LogP contribution < -0.4 is 10.9 Å². The van der Waals surface area contributed by atoms with Gasteiger partial charge in [-0.3, -0.25) is 4.79 Å². The van der Waals surface area contributed by atoms with Crippen LogP contribution in [0.1, 0.15) is 32.0 Å². The van der Waals surface area contributed by atoms with Crippen LogP contribution in [-0.4, -0.2) is 16.5 Å². The van der Waals surface area contributed by atoms with E-state index < -0.39 is 0 Å². The van der Waals surface area contributed by atoms with Crippen LogP contribution in [-0.2, 0) is 6.54 Å². The molecule has 0 aliphatic heterocycles. The Bertz CT molecular complexity index is 562. The summed E-state index contributed by atoms with van der Waals surface area (Å²) in [5.74, 6) is 0.704. The molecule has 0 spiro atoms. The SMILES string of the molecule is CCCCCNCc1nc2ccccc2c(=O)[nH]1. The minimum atomic E-state index is -0.0639. The van der Waals surface area contributed by atoms with Crippen LogP contribution >= 0.6 is 0 Å². The largest absolute Gasteiger partial charge is 0.310 e. The highest BCUT2D eigenvalue weighted by atomic mass is 16.1. The summed E-state index contributed by atoms with van der Waals surface area (Å²) in [6, 6.07) is 7.40. The van der Waals surface area contributed by atoms with E-state index in [-0.39, 0.29) is 5.56 Å². The number of rotatable bonds is 6. The van der Waals surface area contributed by atoms with Crippen molar-refractivity contribution in [1.29, 1.82) is 0 Å². The molecule has 0 bridgehead atoms. The van der Waals surface area contributed by atoms with Gasteiger partial charge in [-0.25, -0.2) is 4.98 Å². The molecule has 0 radical (unpaired) electrons. The van der Waals surface area contributed by atoms with E-state index in [1.54, 1.807) is 6.07 Å². The van der Waals surface area contributed by atoms with E-state index in [4.69, 9.17) is 0 Å². The Morgan fingerprint density at radius 1 is 1.28 bits per heavy atom. The highest BCUT2D eigenvalue weighted by Crippen LogP contribution is 2.05. The minimum Gasteiger partial charge on any atom is -0.310 e. The molecule has 0 unspecified atom stereocenters. The van der Waals surface area contributed by atoms with Gasteiger partial charge in [0.05, 0.1) is 17.4 Å². The van der Waals surface area contributed by atoms with Gasteiger partial charge in [-0.15, -0.1) is 0 Å². The standard InChI is InChI=1S/C14H19N3O/c1-2-3-6-9-15-10-13-16-12-8-5-4-7-11(12)14(18)17-13/h4-5,7-8,15H,2-3,6,9-10H2,1H3,(H,16,17,18). The third-order valence-electron chi connectivity index (χ3n) is 2.91. The maximum absolute atomic E-state index is 11.8. The van der Waals surface area contributed by atoms with Crippen molar-refractivity contribution in [3.8, 4) is 0 Å². The Hall–Kier alpha value is -1.68. The summed E-state index contributed by atoms with van der Waals surface area (Å²) < 4.78 is 0. The number of hydrogen-bond donors (Lipinski definition) is 2. The van der Waals surface area contributed by atoms with Gasteiger partial charge < -0.3 is 10.3 Å². The quantitative estimate of drug-likeness (QED) is 0.767. The van der Waals surface area contributed by atoms with Crippen LogP contribution in [0.5, 0.6) is 0 Å². The summed E-state index contributed by atoms with van der Waals surface area (Å²) >= 11 is 0. The van der Waals surface area contributed by atoms with Gasteiger partial charge >= 0.3 is 0 Å². The summed E-state index contributed by atoms with van der Waals surface area (Å²) in [6.45, 7) is 3.76. The number of unbranched alkanes of at least 4 members (excludes halogenated alkanes) is 2. The lowest BCUT2D eigenvalue weighted by molar-refractivity contribution is 0.603. The molecule has 2 rings (SSSR count). The van der Waals surface area contributed by atoms with E-state index in [0.717, 1.165) is 18.5 Å². The lowest BCUT2D eigenvalue weighted by Gasteiger charge is -2.04. The lowest BCUT2D eigenvalue weighted by atomic mass is 10.2. The average Bonchev–Trinajstić information content (AvgIpc) is 2.39. The summed E-state index contributed by atoms with van der Waals surface area (Å²) in [4.78, 5) is 19.1. The van der Waals surface area contributed by atoms with Gasteiger partial charge in [0.15, 0.2) is 0 Å². The molecule has 2 N–H and O–H groups in total. The molecule has 0 aliphatic carbocycles. The van der Waals surface area contributed by atoms with Crippen molar-refractivity contribution in [3.63, 3.8) is 0 Å². The molecule has 96 valence electrons. The highest BCUT2D eigenvalue weighted by Gasteiger charge is 2.02. The number of para-hydroxylation sites is 1. The average molecular weight is 245 g/mol. The van der Waals surface area contributed by atoms with E-state index >= 15 is 0 Å². The lowest BCUT2D eigenvalue weighted by Crippen LogP contribution is -2.20. The molecule has 1 heterocycles. The number of H-pyrrole nitrogens is 1. The van der Waals surface area contributed by atoms with Crippen molar-refractivity contribution in [2.75, 3.05) is 6.54 Å². The van der Waals surface area contributed by atoms with E-state index in [2.05, 4.69) is 22.2 Å². The van der Waals surface area contributed by atoms with Crippen molar-refractivity contribution in [1.82, 2.24) is 15.3 Å². The first-order valence-electron chi connectivity index (χ1n) is 6.50. The molecule has 4 nitrogen and oxygen atoms in total. The highest BCUT2D eigenvalue weighted by molar-refractivity contribution is 5.77. The van der Waals surface area contributed by atoms with Crippen LogP contribution in [0.4, 0.5) is 0 Å². The Balaban J connectivity index is 2.03. The molecule has 1 aromatic heterocycles. The van der Waals surface area contributed by atoms with Crippen molar-refractivity contribution < 1.29 is 0 Å². The number of nitrogens with one attached hydrogen (secondary N) is 2. The molecule has 2 aromatic rings. The monoisotopic (exact) mass is 245 g/mol. The van der Waals surface area contributed by atoms with Gasteiger partial charge in [0.25, 0.3) is 5.56 Å². The van der Waals surface area contributed by atoms with E-state index in [1.807, 2.05) is 18.2 Å². The Labute approximate surface area is 106 Å². The zero-order valence-electron chi connectivity index (χ0n) is 10.7. The molecule has 1 aromatic carbocycles. The van der Waals surface area contributed by atoms with Crippen LogP contribution in [0.2, 0.25) is 0 Å².